The Morgan fingerprint density at radius 1 is 1.03 bits per heavy atom. The van der Waals surface area contributed by atoms with Gasteiger partial charge in [-0.1, -0.05) is 12.8 Å². The highest BCUT2D eigenvalue weighted by Gasteiger charge is 2.16. The molecule has 0 fully saturated rings. The van der Waals surface area contributed by atoms with Gasteiger partial charge in [0, 0.05) is 35.6 Å². The number of anilines is 1. The van der Waals surface area contributed by atoms with Crippen molar-refractivity contribution in [2.24, 2.45) is 0 Å². The number of carbonyl (C=O) groups is 1. The number of halogens is 1. The molecule has 3 heterocycles. The second-order valence-electron chi connectivity index (χ2n) is 7.77. The quantitative estimate of drug-likeness (QED) is 0.500. The van der Waals surface area contributed by atoms with Gasteiger partial charge in [-0.2, -0.15) is 9.36 Å². The summed E-state index contributed by atoms with van der Waals surface area (Å²) in [5, 5.41) is 3.59. The Balaban J connectivity index is 1.41. The lowest BCUT2D eigenvalue weighted by molar-refractivity contribution is 0.102. The molecule has 0 radical (unpaired) electrons. The average Bonchev–Trinajstić information content (AvgIpc) is 3.23. The molecule has 32 heavy (non-hydrogen) atoms. The standard InChI is InChI=1S/C23H20FN5O2S/c24-16-9-6-14(7-10-16)20-26-23(32-28-20)27-21(30)15-8-11-17-18(13-15)25-19-5-3-1-2-4-12-29(19)22(17)31/h6-11,13H,1-5,12H2,(H,26,27,28,30). The Bertz CT molecular complexity index is 1360. The van der Waals surface area contributed by atoms with Crippen molar-refractivity contribution in [1.82, 2.24) is 18.9 Å². The summed E-state index contributed by atoms with van der Waals surface area (Å²) in [4.78, 5) is 34.8. The molecule has 4 aromatic rings. The first kappa shape index (κ1) is 20.4. The van der Waals surface area contributed by atoms with Gasteiger partial charge in [-0.05, 0) is 55.3 Å². The van der Waals surface area contributed by atoms with Gasteiger partial charge in [-0.25, -0.2) is 9.37 Å². The minimum atomic E-state index is -0.359. The van der Waals surface area contributed by atoms with Crippen LogP contribution in [0, 0.1) is 5.82 Å². The fourth-order valence-electron chi connectivity index (χ4n) is 3.90. The molecule has 9 heteroatoms. The van der Waals surface area contributed by atoms with Crippen LogP contribution in [-0.2, 0) is 13.0 Å². The zero-order valence-electron chi connectivity index (χ0n) is 17.2. The first-order chi connectivity index (χ1) is 15.6. The molecule has 5 rings (SSSR count). The van der Waals surface area contributed by atoms with Crippen LogP contribution in [0.25, 0.3) is 22.3 Å². The molecule has 2 aromatic heterocycles. The maximum atomic E-state index is 13.1. The van der Waals surface area contributed by atoms with Gasteiger partial charge in [0.15, 0.2) is 5.82 Å². The molecule has 0 saturated carbocycles. The van der Waals surface area contributed by atoms with Crippen molar-refractivity contribution in [3.63, 3.8) is 0 Å². The molecule has 0 saturated heterocycles. The highest BCUT2D eigenvalue weighted by molar-refractivity contribution is 7.10. The number of hydrogen-bond donors (Lipinski definition) is 1. The fraction of sp³-hybridized carbons (Fsp3) is 0.261. The van der Waals surface area contributed by atoms with Gasteiger partial charge in [0.05, 0.1) is 10.9 Å². The van der Waals surface area contributed by atoms with E-state index >= 15 is 0 Å². The normalized spacial score (nSPS) is 13.9. The van der Waals surface area contributed by atoms with Gasteiger partial charge in [0.25, 0.3) is 11.5 Å². The predicted octanol–water partition coefficient (Wildman–Crippen LogP) is 4.42. The van der Waals surface area contributed by atoms with Gasteiger partial charge < -0.3 is 0 Å². The van der Waals surface area contributed by atoms with Crippen molar-refractivity contribution >= 4 is 33.5 Å². The predicted molar refractivity (Wildman–Crippen MR) is 121 cm³/mol. The molecule has 1 aliphatic rings. The maximum absolute atomic E-state index is 13.1. The molecule has 0 spiro atoms. The molecule has 0 unspecified atom stereocenters. The number of fused-ring (bicyclic) bond motifs is 2. The summed E-state index contributed by atoms with van der Waals surface area (Å²) >= 11 is 1.04. The third-order valence-electron chi connectivity index (χ3n) is 5.58. The zero-order chi connectivity index (χ0) is 22.1. The molecular formula is C23H20FN5O2S. The van der Waals surface area contributed by atoms with Crippen LogP contribution < -0.4 is 10.9 Å². The van der Waals surface area contributed by atoms with E-state index in [0.717, 1.165) is 49.5 Å². The number of nitrogens with zero attached hydrogens (tertiary/aromatic N) is 4. The van der Waals surface area contributed by atoms with E-state index in [-0.39, 0.29) is 17.3 Å². The zero-order valence-corrected chi connectivity index (χ0v) is 18.0. The van der Waals surface area contributed by atoms with Crippen LogP contribution in [0.2, 0.25) is 0 Å². The number of aryl methyl sites for hydroxylation is 1. The molecule has 1 amide bonds. The smallest absolute Gasteiger partial charge is 0.261 e. The summed E-state index contributed by atoms with van der Waals surface area (Å²) in [5.41, 5.74) is 1.53. The molecule has 7 nitrogen and oxygen atoms in total. The minimum Gasteiger partial charge on any atom is -0.297 e. The van der Waals surface area contributed by atoms with E-state index in [1.807, 2.05) is 0 Å². The van der Waals surface area contributed by atoms with E-state index < -0.39 is 0 Å². The molecule has 0 aliphatic carbocycles. The summed E-state index contributed by atoms with van der Waals surface area (Å²) < 4.78 is 19.1. The fourth-order valence-corrected chi connectivity index (χ4v) is 4.48. The first-order valence-electron chi connectivity index (χ1n) is 10.5. The van der Waals surface area contributed by atoms with E-state index in [0.29, 0.717) is 39.5 Å². The number of hydrogen-bond acceptors (Lipinski definition) is 6. The van der Waals surface area contributed by atoms with Gasteiger partial charge >= 0.3 is 0 Å². The highest BCUT2D eigenvalue weighted by atomic mass is 32.1. The van der Waals surface area contributed by atoms with E-state index in [4.69, 9.17) is 4.98 Å². The van der Waals surface area contributed by atoms with Crippen molar-refractivity contribution < 1.29 is 9.18 Å². The number of nitrogens with one attached hydrogen (secondary N) is 1. The topological polar surface area (TPSA) is 89.8 Å². The summed E-state index contributed by atoms with van der Waals surface area (Å²) in [6.45, 7) is 0.687. The first-order valence-corrected chi connectivity index (χ1v) is 11.3. The third-order valence-corrected chi connectivity index (χ3v) is 6.21. The molecule has 0 bridgehead atoms. The summed E-state index contributed by atoms with van der Waals surface area (Å²) in [6.07, 6.45) is 5.00. The molecular weight excluding hydrogens is 429 g/mol. The van der Waals surface area contributed by atoms with Crippen LogP contribution in [0.4, 0.5) is 9.52 Å². The van der Waals surface area contributed by atoms with Crippen LogP contribution in [0.3, 0.4) is 0 Å². The van der Waals surface area contributed by atoms with Crippen molar-refractivity contribution in [2.75, 3.05) is 5.32 Å². The van der Waals surface area contributed by atoms with Crippen LogP contribution in [0.5, 0.6) is 0 Å². The molecule has 162 valence electrons. The lowest BCUT2D eigenvalue weighted by Crippen LogP contribution is -2.26. The van der Waals surface area contributed by atoms with Crippen LogP contribution in [-0.4, -0.2) is 24.8 Å². The number of rotatable bonds is 3. The van der Waals surface area contributed by atoms with E-state index in [2.05, 4.69) is 14.7 Å². The van der Waals surface area contributed by atoms with Gasteiger partial charge in [-0.15, -0.1) is 0 Å². The average molecular weight is 450 g/mol. The van der Waals surface area contributed by atoms with Crippen LogP contribution in [0.15, 0.2) is 47.3 Å². The SMILES string of the molecule is O=C(Nc1nc(-c2ccc(F)cc2)ns1)c1ccc2c(=O)n3c(nc2c1)CCCCCC3. The van der Waals surface area contributed by atoms with Gasteiger partial charge in [0.2, 0.25) is 5.13 Å². The van der Waals surface area contributed by atoms with Crippen molar-refractivity contribution in [1.29, 1.82) is 0 Å². The molecule has 1 N–H and O–H groups in total. The molecule has 0 atom stereocenters. The van der Waals surface area contributed by atoms with Crippen LogP contribution in [0.1, 0.15) is 41.9 Å². The number of amides is 1. The highest BCUT2D eigenvalue weighted by Crippen LogP contribution is 2.22. The van der Waals surface area contributed by atoms with Crippen LogP contribution >= 0.6 is 11.5 Å². The Kier molecular flexibility index (Phi) is 5.48. The monoisotopic (exact) mass is 449 g/mol. The Morgan fingerprint density at radius 3 is 2.69 bits per heavy atom. The van der Waals surface area contributed by atoms with Crippen molar-refractivity contribution in [2.45, 2.75) is 38.6 Å². The summed E-state index contributed by atoms with van der Waals surface area (Å²) in [7, 11) is 0. The third kappa shape index (κ3) is 4.03. The number of aromatic nitrogens is 4. The largest absolute Gasteiger partial charge is 0.297 e. The Labute approximate surface area is 187 Å². The second kappa shape index (κ2) is 8.58. The van der Waals surface area contributed by atoms with Crippen molar-refractivity contribution in [3.05, 3.63) is 70.0 Å². The summed E-state index contributed by atoms with van der Waals surface area (Å²) in [6, 6.07) is 10.8. The Morgan fingerprint density at radius 2 is 1.84 bits per heavy atom. The van der Waals surface area contributed by atoms with E-state index in [1.54, 1.807) is 34.9 Å². The minimum absolute atomic E-state index is 0.0491. The van der Waals surface area contributed by atoms with Crippen molar-refractivity contribution in [3.8, 4) is 11.4 Å². The lowest BCUT2D eigenvalue weighted by Gasteiger charge is -2.16. The maximum Gasteiger partial charge on any atom is 0.261 e. The number of carbonyl (C=O) groups excluding carboxylic acids is 1. The lowest BCUT2D eigenvalue weighted by atomic mass is 10.1. The molecule has 2 aromatic carbocycles. The second-order valence-corrected chi connectivity index (χ2v) is 8.52. The van der Waals surface area contributed by atoms with E-state index in [9.17, 15) is 14.0 Å². The summed E-state index contributed by atoms with van der Waals surface area (Å²) in [5.74, 6) is 0.502. The van der Waals surface area contributed by atoms with Gasteiger partial charge in [0.1, 0.15) is 11.6 Å². The Hall–Kier alpha value is -3.46. The molecule has 1 aliphatic heterocycles. The van der Waals surface area contributed by atoms with Gasteiger partial charge in [-0.3, -0.25) is 19.5 Å². The number of benzene rings is 2. The van der Waals surface area contributed by atoms with E-state index in [1.165, 1.54) is 12.1 Å².